The molecule has 1 aromatic heterocycles. The third-order valence-electron chi connectivity index (χ3n) is 4.04. The molecule has 1 aromatic rings. The van der Waals surface area contributed by atoms with Crippen molar-refractivity contribution in [3.8, 4) is 0 Å². The number of aryl methyl sites for hydroxylation is 1. The van der Waals surface area contributed by atoms with Gasteiger partial charge in [-0.15, -0.1) is 0 Å². The third kappa shape index (κ3) is 2.45. The molecular weight excluding hydrogens is 257 g/mol. The molecule has 0 aliphatic carbocycles. The largest absolute Gasteiger partial charge is 0.496 e. The number of nitrogens with zero attached hydrogens (tertiary/aromatic N) is 1. The van der Waals surface area contributed by atoms with E-state index >= 15 is 0 Å². The zero-order valence-electron chi connectivity index (χ0n) is 12.8. The first kappa shape index (κ1) is 15.0. The van der Waals surface area contributed by atoms with Crippen molar-refractivity contribution in [1.29, 1.82) is 0 Å². The highest BCUT2D eigenvalue weighted by Crippen LogP contribution is 2.36. The predicted octanol–water partition coefficient (Wildman–Crippen LogP) is 1.48. The molecule has 6 heteroatoms. The fraction of sp³-hybridized carbons (Fsp3) is 0.571. The van der Waals surface area contributed by atoms with Gasteiger partial charge in [-0.3, -0.25) is 4.98 Å². The van der Waals surface area contributed by atoms with Crippen LogP contribution in [0.25, 0.3) is 0 Å². The van der Waals surface area contributed by atoms with Crippen molar-refractivity contribution in [1.82, 2.24) is 4.98 Å². The zero-order valence-corrected chi connectivity index (χ0v) is 12.8. The zero-order chi connectivity index (χ0) is 15.1. The Hall–Kier alpha value is -1.40. The van der Waals surface area contributed by atoms with E-state index in [2.05, 4.69) is 4.98 Å². The molecule has 0 atom stereocenters. The number of rotatable bonds is 2. The Morgan fingerprint density at radius 1 is 1.25 bits per heavy atom. The lowest BCUT2D eigenvalue weighted by molar-refractivity contribution is 0.00578. The van der Waals surface area contributed by atoms with Gasteiger partial charge >= 0.3 is 13.1 Å². The average Bonchev–Trinajstić information content (AvgIpc) is 2.58. The second kappa shape index (κ2) is 4.86. The van der Waals surface area contributed by atoms with Crippen molar-refractivity contribution in [2.75, 3.05) is 7.11 Å². The van der Waals surface area contributed by atoms with Crippen LogP contribution >= 0.6 is 0 Å². The molecule has 0 radical (unpaired) electrons. The molecule has 1 saturated heterocycles. The summed E-state index contributed by atoms with van der Waals surface area (Å²) >= 11 is 0. The van der Waals surface area contributed by atoms with Crippen molar-refractivity contribution in [2.45, 2.75) is 45.8 Å². The Balaban J connectivity index is 2.34. The molecule has 1 fully saturated rings. The van der Waals surface area contributed by atoms with Crippen LogP contribution in [0.15, 0.2) is 12.3 Å². The standard InChI is InChI=1S/C14H20BNO4/c1-9-11(12(17)18-6)7-10(8-16-9)15-19-13(2,3)14(4,5)20-15/h7-8H,1-6H3. The Labute approximate surface area is 119 Å². The van der Waals surface area contributed by atoms with Crippen LogP contribution in [0, 0.1) is 6.92 Å². The lowest BCUT2D eigenvalue weighted by Crippen LogP contribution is -2.41. The second-order valence-electron chi connectivity index (χ2n) is 5.98. The van der Waals surface area contributed by atoms with Crippen LogP contribution in [0.2, 0.25) is 0 Å². The Bertz CT molecular complexity index is 526. The summed E-state index contributed by atoms with van der Waals surface area (Å²) < 4.78 is 16.6. The number of carbonyl (C=O) groups excluding carboxylic acids is 1. The van der Waals surface area contributed by atoms with Crippen LogP contribution in [0.1, 0.15) is 43.7 Å². The van der Waals surface area contributed by atoms with Crippen LogP contribution < -0.4 is 5.46 Å². The SMILES string of the molecule is COC(=O)c1cc(B2OC(C)(C)C(C)(C)O2)cnc1C. The molecule has 1 aliphatic rings. The van der Waals surface area contributed by atoms with Crippen molar-refractivity contribution in [2.24, 2.45) is 0 Å². The molecule has 0 aromatic carbocycles. The number of hydrogen-bond donors (Lipinski definition) is 0. The topological polar surface area (TPSA) is 57.7 Å². The molecule has 1 aliphatic heterocycles. The minimum absolute atomic E-state index is 0.409. The van der Waals surface area contributed by atoms with Gasteiger partial charge in [-0.05, 0) is 40.7 Å². The first-order chi connectivity index (χ1) is 9.18. The molecule has 0 unspecified atom stereocenters. The molecule has 2 rings (SSSR count). The highest BCUT2D eigenvalue weighted by atomic mass is 16.7. The summed E-state index contributed by atoms with van der Waals surface area (Å²) in [4.78, 5) is 15.9. The van der Waals surface area contributed by atoms with E-state index in [0.29, 0.717) is 11.3 Å². The number of pyridine rings is 1. The molecule has 0 N–H and O–H groups in total. The Kier molecular flexibility index (Phi) is 3.65. The summed E-state index contributed by atoms with van der Waals surface area (Å²) in [6, 6.07) is 1.72. The summed E-state index contributed by atoms with van der Waals surface area (Å²) in [6.45, 7) is 9.69. The van der Waals surface area contributed by atoms with Crippen molar-refractivity contribution >= 4 is 18.6 Å². The lowest BCUT2D eigenvalue weighted by Gasteiger charge is -2.32. The minimum Gasteiger partial charge on any atom is -0.465 e. The summed E-state index contributed by atoms with van der Waals surface area (Å²) in [5, 5.41) is 0. The van der Waals surface area contributed by atoms with Gasteiger partial charge in [0.1, 0.15) is 0 Å². The van der Waals surface area contributed by atoms with Crippen molar-refractivity contribution in [3.63, 3.8) is 0 Å². The van der Waals surface area contributed by atoms with Gasteiger partial charge in [0.15, 0.2) is 0 Å². The van der Waals surface area contributed by atoms with Crippen LogP contribution in [0.4, 0.5) is 0 Å². The van der Waals surface area contributed by atoms with E-state index in [4.69, 9.17) is 14.0 Å². The van der Waals surface area contributed by atoms with Crippen LogP contribution in [-0.2, 0) is 14.0 Å². The Morgan fingerprint density at radius 3 is 2.30 bits per heavy atom. The van der Waals surface area contributed by atoms with E-state index in [0.717, 1.165) is 5.46 Å². The number of esters is 1. The first-order valence-electron chi connectivity index (χ1n) is 6.58. The maximum atomic E-state index is 11.7. The highest BCUT2D eigenvalue weighted by molar-refractivity contribution is 6.62. The van der Waals surface area contributed by atoms with Gasteiger partial charge in [-0.1, -0.05) is 0 Å². The maximum Gasteiger partial charge on any atom is 0.496 e. The van der Waals surface area contributed by atoms with Crippen molar-refractivity contribution in [3.05, 3.63) is 23.5 Å². The highest BCUT2D eigenvalue weighted by Gasteiger charge is 2.51. The number of methoxy groups -OCH3 is 1. The molecule has 0 amide bonds. The number of hydrogen-bond acceptors (Lipinski definition) is 5. The summed E-state index contributed by atoms with van der Waals surface area (Å²) in [5.74, 6) is -0.409. The average molecular weight is 277 g/mol. The Morgan fingerprint density at radius 2 is 1.80 bits per heavy atom. The van der Waals surface area contributed by atoms with E-state index in [1.807, 2.05) is 27.7 Å². The van der Waals surface area contributed by atoms with Gasteiger partial charge in [-0.2, -0.15) is 0 Å². The normalized spacial score (nSPS) is 20.0. The molecule has 2 heterocycles. The van der Waals surface area contributed by atoms with Gasteiger partial charge in [0.2, 0.25) is 0 Å². The van der Waals surface area contributed by atoms with Gasteiger partial charge in [0.25, 0.3) is 0 Å². The number of aromatic nitrogens is 1. The molecule has 0 spiro atoms. The molecule has 108 valence electrons. The summed E-state index contributed by atoms with van der Waals surface area (Å²) in [5.41, 5.74) is 0.925. The van der Waals surface area contributed by atoms with Gasteiger partial charge in [0, 0.05) is 11.7 Å². The van der Waals surface area contributed by atoms with E-state index < -0.39 is 24.3 Å². The van der Waals surface area contributed by atoms with Crippen molar-refractivity contribution < 1.29 is 18.8 Å². The smallest absolute Gasteiger partial charge is 0.465 e. The number of carbonyl (C=O) groups is 1. The molecule has 0 bridgehead atoms. The third-order valence-corrected chi connectivity index (χ3v) is 4.04. The first-order valence-corrected chi connectivity index (χ1v) is 6.58. The minimum atomic E-state index is -0.531. The maximum absolute atomic E-state index is 11.7. The van der Waals surface area contributed by atoms with Crippen LogP contribution in [0.5, 0.6) is 0 Å². The lowest BCUT2D eigenvalue weighted by atomic mass is 9.79. The van der Waals surface area contributed by atoms with Gasteiger partial charge in [-0.25, -0.2) is 4.79 Å². The van der Waals surface area contributed by atoms with Crippen LogP contribution in [-0.4, -0.2) is 36.4 Å². The fourth-order valence-electron chi connectivity index (χ4n) is 1.97. The van der Waals surface area contributed by atoms with E-state index in [1.165, 1.54) is 7.11 Å². The summed E-state index contributed by atoms with van der Waals surface area (Å²) in [6.07, 6.45) is 1.67. The second-order valence-corrected chi connectivity index (χ2v) is 5.98. The molecule has 5 nitrogen and oxygen atoms in total. The van der Waals surface area contributed by atoms with E-state index in [-0.39, 0.29) is 0 Å². The summed E-state index contributed by atoms with van der Waals surface area (Å²) in [7, 11) is 0.819. The molecular formula is C14H20BNO4. The number of ether oxygens (including phenoxy) is 1. The quantitative estimate of drug-likeness (QED) is 0.605. The van der Waals surface area contributed by atoms with Gasteiger partial charge < -0.3 is 14.0 Å². The molecule has 20 heavy (non-hydrogen) atoms. The van der Waals surface area contributed by atoms with E-state index in [9.17, 15) is 4.79 Å². The van der Waals surface area contributed by atoms with Crippen LogP contribution in [0.3, 0.4) is 0 Å². The monoisotopic (exact) mass is 277 g/mol. The molecule has 0 saturated carbocycles. The van der Waals surface area contributed by atoms with Gasteiger partial charge in [0.05, 0.1) is 29.6 Å². The predicted molar refractivity (Wildman–Crippen MR) is 76.0 cm³/mol. The fourth-order valence-corrected chi connectivity index (χ4v) is 1.97. The van der Waals surface area contributed by atoms with E-state index in [1.54, 1.807) is 19.2 Å².